The van der Waals surface area contributed by atoms with Crippen molar-refractivity contribution in [2.24, 2.45) is 0 Å². The van der Waals surface area contributed by atoms with Gasteiger partial charge >= 0.3 is 0 Å². The maximum atomic E-state index is 13.0. The fourth-order valence-corrected chi connectivity index (χ4v) is 1.95. The van der Waals surface area contributed by atoms with Crippen LogP contribution in [-0.4, -0.2) is 0 Å². The highest BCUT2D eigenvalue weighted by Crippen LogP contribution is 2.24. The van der Waals surface area contributed by atoms with Crippen LogP contribution in [0.2, 0.25) is 0 Å². The smallest absolute Gasteiger partial charge is 0.162 e. The molecule has 0 aromatic heterocycles. The van der Waals surface area contributed by atoms with Crippen LogP contribution >= 0.6 is 15.9 Å². The number of nitrogens with two attached hydrogens (primary N) is 1. The van der Waals surface area contributed by atoms with Crippen LogP contribution in [0.1, 0.15) is 5.56 Å². The van der Waals surface area contributed by atoms with Gasteiger partial charge in [-0.05, 0) is 24.3 Å². The molecule has 94 valence electrons. The Labute approximate surface area is 112 Å². The molecule has 2 aromatic rings. The lowest BCUT2D eigenvalue weighted by Crippen LogP contribution is -2.01. The average molecular weight is 314 g/mol. The molecule has 0 fully saturated rings. The molecule has 0 atom stereocenters. The van der Waals surface area contributed by atoms with Crippen molar-refractivity contribution in [3.05, 3.63) is 58.1 Å². The van der Waals surface area contributed by atoms with E-state index >= 15 is 0 Å². The van der Waals surface area contributed by atoms with Gasteiger partial charge in [0.05, 0.1) is 0 Å². The summed E-state index contributed by atoms with van der Waals surface area (Å²) in [5.41, 5.74) is 7.14. The number of hydrogen-bond donors (Lipinski definition) is 1. The Morgan fingerprint density at radius 1 is 1.11 bits per heavy atom. The lowest BCUT2D eigenvalue weighted by Gasteiger charge is -2.10. The van der Waals surface area contributed by atoms with Crippen molar-refractivity contribution >= 4 is 21.6 Å². The van der Waals surface area contributed by atoms with Crippen LogP contribution in [-0.2, 0) is 6.61 Å². The SMILES string of the molecule is Nc1cccc(Br)c1COc1ccc(F)c(F)c1. The van der Waals surface area contributed by atoms with Gasteiger partial charge in [-0.3, -0.25) is 0 Å². The summed E-state index contributed by atoms with van der Waals surface area (Å²) in [6, 6.07) is 8.78. The van der Waals surface area contributed by atoms with Gasteiger partial charge in [-0.25, -0.2) is 8.78 Å². The molecule has 0 heterocycles. The Morgan fingerprint density at radius 3 is 2.56 bits per heavy atom. The number of rotatable bonds is 3. The van der Waals surface area contributed by atoms with E-state index in [2.05, 4.69) is 15.9 Å². The highest BCUT2D eigenvalue weighted by molar-refractivity contribution is 9.10. The molecule has 2 aromatic carbocycles. The molecule has 2 rings (SSSR count). The predicted molar refractivity (Wildman–Crippen MR) is 69.2 cm³/mol. The van der Waals surface area contributed by atoms with Gasteiger partial charge in [0.25, 0.3) is 0 Å². The van der Waals surface area contributed by atoms with E-state index in [0.29, 0.717) is 5.69 Å². The summed E-state index contributed by atoms with van der Waals surface area (Å²) in [6.07, 6.45) is 0. The lowest BCUT2D eigenvalue weighted by molar-refractivity contribution is 0.303. The third-order valence-corrected chi connectivity index (χ3v) is 3.17. The normalized spacial score (nSPS) is 10.4. The van der Waals surface area contributed by atoms with Gasteiger partial charge in [-0.1, -0.05) is 22.0 Å². The van der Waals surface area contributed by atoms with Gasteiger partial charge in [-0.15, -0.1) is 0 Å². The van der Waals surface area contributed by atoms with Crippen LogP contribution in [0.3, 0.4) is 0 Å². The molecule has 0 radical (unpaired) electrons. The quantitative estimate of drug-likeness (QED) is 0.873. The third kappa shape index (κ3) is 2.79. The van der Waals surface area contributed by atoms with Crippen LogP contribution in [0, 0.1) is 11.6 Å². The number of benzene rings is 2. The molecule has 0 bridgehead atoms. The number of halogens is 3. The topological polar surface area (TPSA) is 35.2 Å². The molecule has 2 nitrogen and oxygen atoms in total. The minimum Gasteiger partial charge on any atom is -0.489 e. The average Bonchev–Trinajstić information content (AvgIpc) is 2.33. The number of ether oxygens (including phenoxy) is 1. The number of anilines is 1. The maximum absolute atomic E-state index is 13.0. The first-order chi connectivity index (χ1) is 8.58. The summed E-state index contributed by atoms with van der Waals surface area (Å²) < 4.78 is 31.9. The third-order valence-electron chi connectivity index (χ3n) is 2.43. The van der Waals surface area contributed by atoms with Crippen LogP contribution in [0.15, 0.2) is 40.9 Å². The van der Waals surface area contributed by atoms with E-state index in [9.17, 15) is 8.78 Å². The van der Waals surface area contributed by atoms with Crippen LogP contribution in [0.5, 0.6) is 5.75 Å². The van der Waals surface area contributed by atoms with Crippen molar-refractivity contribution in [1.82, 2.24) is 0 Å². The van der Waals surface area contributed by atoms with Gasteiger partial charge in [0, 0.05) is 21.8 Å². The summed E-state index contributed by atoms with van der Waals surface area (Å²) in [6.45, 7) is 0.179. The second-order valence-corrected chi connectivity index (χ2v) is 4.53. The summed E-state index contributed by atoms with van der Waals surface area (Å²) in [4.78, 5) is 0. The van der Waals surface area contributed by atoms with Crippen molar-refractivity contribution in [2.75, 3.05) is 5.73 Å². The standard InChI is InChI=1S/C13H10BrF2NO/c14-10-2-1-3-13(17)9(10)7-18-8-4-5-11(15)12(16)6-8/h1-6H,7,17H2. The Hall–Kier alpha value is -1.62. The first kappa shape index (κ1) is 12.8. The molecule has 18 heavy (non-hydrogen) atoms. The van der Waals surface area contributed by atoms with Crippen LogP contribution in [0.25, 0.3) is 0 Å². The zero-order chi connectivity index (χ0) is 13.1. The van der Waals surface area contributed by atoms with E-state index in [4.69, 9.17) is 10.5 Å². The molecule has 0 saturated carbocycles. The Morgan fingerprint density at radius 2 is 1.89 bits per heavy atom. The predicted octanol–water partition coefficient (Wildman–Crippen LogP) is 3.89. The summed E-state index contributed by atoms with van der Waals surface area (Å²) in [5.74, 6) is -1.58. The van der Waals surface area contributed by atoms with Crippen molar-refractivity contribution < 1.29 is 13.5 Å². The number of hydrogen-bond acceptors (Lipinski definition) is 2. The first-order valence-electron chi connectivity index (χ1n) is 5.18. The van der Waals surface area contributed by atoms with Crippen molar-refractivity contribution in [3.63, 3.8) is 0 Å². The Bertz CT molecular complexity index is 555. The zero-order valence-electron chi connectivity index (χ0n) is 9.29. The fraction of sp³-hybridized carbons (Fsp3) is 0.0769. The van der Waals surface area contributed by atoms with E-state index in [1.165, 1.54) is 6.07 Å². The van der Waals surface area contributed by atoms with Gasteiger partial charge < -0.3 is 10.5 Å². The molecule has 0 amide bonds. The molecule has 0 spiro atoms. The molecular weight excluding hydrogens is 304 g/mol. The van der Waals surface area contributed by atoms with Gasteiger partial charge in [0.15, 0.2) is 11.6 Å². The van der Waals surface area contributed by atoms with Crippen molar-refractivity contribution in [2.45, 2.75) is 6.61 Å². The van der Waals surface area contributed by atoms with Gasteiger partial charge in [0.2, 0.25) is 0 Å². The minimum absolute atomic E-state index is 0.179. The molecule has 2 N–H and O–H groups in total. The molecular formula is C13H10BrF2NO. The lowest BCUT2D eigenvalue weighted by atomic mass is 10.2. The van der Waals surface area contributed by atoms with E-state index < -0.39 is 11.6 Å². The van der Waals surface area contributed by atoms with Crippen molar-refractivity contribution in [3.8, 4) is 5.75 Å². The Balaban J connectivity index is 2.14. The summed E-state index contributed by atoms with van der Waals surface area (Å²) >= 11 is 3.35. The highest BCUT2D eigenvalue weighted by atomic mass is 79.9. The Kier molecular flexibility index (Phi) is 3.81. The largest absolute Gasteiger partial charge is 0.489 e. The fourth-order valence-electron chi connectivity index (χ4n) is 1.45. The van der Waals surface area contributed by atoms with Crippen LogP contribution in [0.4, 0.5) is 14.5 Å². The molecule has 0 aliphatic heterocycles. The summed E-state index contributed by atoms with van der Waals surface area (Å²) in [5, 5.41) is 0. The van der Waals surface area contributed by atoms with Crippen molar-refractivity contribution in [1.29, 1.82) is 0 Å². The van der Waals surface area contributed by atoms with Crippen LogP contribution < -0.4 is 10.5 Å². The highest BCUT2D eigenvalue weighted by Gasteiger charge is 2.07. The molecule has 0 unspecified atom stereocenters. The summed E-state index contributed by atoms with van der Waals surface area (Å²) in [7, 11) is 0. The molecule has 0 saturated heterocycles. The van der Waals surface area contributed by atoms with E-state index in [-0.39, 0.29) is 12.4 Å². The molecule has 5 heteroatoms. The minimum atomic E-state index is -0.937. The molecule has 0 aliphatic carbocycles. The zero-order valence-corrected chi connectivity index (χ0v) is 10.9. The second kappa shape index (κ2) is 5.35. The van der Waals surface area contributed by atoms with E-state index in [0.717, 1.165) is 22.2 Å². The van der Waals surface area contributed by atoms with E-state index in [1.807, 2.05) is 6.07 Å². The maximum Gasteiger partial charge on any atom is 0.162 e. The first-order valence-corrected chi connectivity index (χ1v) is 5.98. The monoisotopic (exact) mass is 313 g/mol. The van der Waals surface area contributed by atoms with Gasteiger partial charge in [0.1, 0.15) is 12.4 Å². The van der Waals surface area contributed by atoms with E-state index in [1.54, 1.807) is 12.1 Å². The van der Waals surface area contributed by atoms with Gasteiger partial charge in [-0.2, -0.15) is 0 Å². The molecule has 0 aliphatic rings. The number of nitrogen functional groups attached to an aromatic ring is 1. The second-order valence-electron chi connectivity index (χ2n) is 3.67.